The maximum Gasteiger partial charge on any atom is 0.311 e. The van der Waals surface area contributed by atoms with Crippen LogP contribution < -0.4 is 0 Å². The lowest BCUT2D eigenvalue weighted by atomic mass is 9.76. The van der Waals surface area contributed by atoms with Crippen molar-refractivity contribution in [2.45, 2.75) is 44.9 Å². The lowest BCUT2D eigenvalue weighted by Gasteiger charge is -2.40. The number of likely N-dealkylation sites (tertiary alicyclic amines) is 1. The first-order chi connectivity index (χ1) is 9.07. The van der Waals surface area contributed by atoms with Crippen molar-refractivity contribution in [3.63, 3.8) is 0 Å². The summed E-state index contributed by atoms with van der Waals surface area (Å²) in [4.78, 5) is 25.5. The van der Waals surface area contributed by atoms with Crippen molar-refractivity contribution in [3.05, 3.63) is 12.7 Å². The monoisotopic (exact) mass is 265 g/mol. The summed E-state index contributed by atoms with van der Waals surface area (Å²) in [6.45, 7) is 4.71. The zero-order valence-electron chi connectivity index (χ0n) is 11.4. The van der Waals surface area contributed by atoms with Crippen molar-refractivity contribution in [3.8, 4) is 0 Å². The van der Waals surface area contributed by atoms with Crippen LogP contribution in [0, 0.1) is 11.3 Å². The summed E-state index contributed by atoms with van der Waals surface area (Å²) in [5.74, 6) is -0.124. The first kappa shape index (κ1) is 14.1. The van der Waals surface area contributed by atoms with E-state index < -0.39 is 11.4 Å². The molecule has 1 heterocycles. The van der Waals surface area contributed by atoms with Gasteiger partial charge in [-0.15, -0.1) is 6.58 Å². The van der Waals surface area contributed by atoms with Gasteiger partial charge >= 0.3 is 5.97 Å². The molecule has 1 N–H and O–H groups in total. The Hall–Kier alpha value is -1.32. The Morgan fingerprint density at radius 1 is 1.37 bits per heavy atom. The summed E-state index contributed by atoms with van der Waals surface area (Å²) in [5.41, 5.74) is -0.810. The van der Waals surface area contributed by atoms with Gasteiger partial charge in [0.2, 0.25) is 5.91 Å². The summed E-state index contributed by atoms with van der Waals surface area (Å²) < 4.78 is 0. The van der Waals surface area contributed by atoms with E-state index in [1.807, 2.05) is 0 Å². The first-order valence-corrected chi connectivity index (χ1v) is 7.19. The third-order valence-corrected chi connectivity index (χ3v) is 4.61. The van der Waals surface area contributed by atoms with E-state index in [9.17, 15) is 14.7 Å². The predicted molar refractivity (Wildman–Crippen MR) is 72.7 cm³/mol. The molecule has 2 fully saturated rings. The van der Waals surface area contributed by atoms with Crippen LogP contribution in [0.15, 0.2) is 12.7 Å². The number of amides is 1. The van der Waals surface area contributed by atoms with E-state index in [-0.39, 0.29) is 5.91 Å². The van der Waals surface area contributed by atoms with E-state index in [1.54, 1.807) is 11.0 Å². The molecule has 4 nitrogen and oxygen atoms in total. The zero-order valence-corrected chi connectivity index (χ0v) is 11.4. The highest BCUT2D eigenvalue weighted by Gasteiger charge is 2.42. The smallest absolute Gasteiger partial charge is 0.311 e. The average Bonchev–Trinajstić information content (AvgIpc) is 2.34. The van der Waals surface area contributed by atoms with E-state index in [0.717, 1.165) is 19.3 Å². The number of allylic oxidation sites excluding steroid dienone is 1. The number of rotatable bonds is 5. The summed E-state index contributed by atoms with van der Waals surface area (Å²) in [7, 11) is 0. The minimum Gasteiger partial charge on any atom is -0.481 e. The van der Waals surface area contributed by atoms with Crippen molar-refractivity contribution in [1.82, 2.24) is 4.90 Å². The molecule has 0 radical (unpaired) electrons. The second kappa shape index (κ2) is 5.76. The van der Waals surface area contributed by atoms with Crippen LogP contribution in [0.4, 0.5) is 0 Å². The molecule has 1 aliphatic carbocycles. The fourth-order valence-corrected chi connectivity index (χ4v) is 3.12. The highest BCUT2D eigenvalue weighted by Crippen LogP contribution is 2.36. The SMILES string of the molecule is C=CCC1(C(=O)O)CCCN(C(=O)CC2CCC2)C1. The Bertz CT molecular complexity index is 376. The van der Waals surface area contributed by atoms with Crippen LogP contribution in [0.2, 0.25) is 0 Å². The van der Waals surface area contributed by atoms with E-state index in [4.69, 9.17) is 0 Å². The molecule has 1 atom stereocenters. The molecule has 0 bridgehead atoms. The number of piperidine rings is 1. The van der Waals surface area contributed by atoms with Gasteiger partial charge in [0, 0.05) is 19.5 Å². The molecule has 4 heteroatoms. The maximum atomic E-state index is 12.2. The Morgan fingerprint density at radius 3 is 2.63 bits per heavy atom. The second-order valence-corrected chi connectivity index (χ2v) is 6.00. The van der Waals surface area contributed by atoms with Crippen molar-refractivity contribution < 1.29 is 14.7 Å². The largest absolute Gasteiger partial charge is 0.481 e. The zero-order chi connectivity index (χ0) is 13.9. The van der Waals surface area contributed by atoms with Crippen LogP contribution in [0.25, 0.3) is 0 Å². The first-order valence-electron chi connectivity index (χ1n) is 7.19. The van der Waals surface area contributed by atoms with Gasteiger partial charge in [-0.2, -0.15) is 0 Å². The second-order valence-electron chi connectivity index (χ2n) is 6.00. The highest BCUT2D eigenvalue weighted by molar-refractivity contribution is 5.80. The average molecular weight is 265 g/mol. The number of hydrogen-bond donors (Lipinski definition) is 1. The Labute approximate surface area is 114 Å². The van der Waals surface area contributed by atoms with Crippen molar-refractivity contribution in [2.24, 2.45) is 11.3 Å². The number of carboxylic acids is 1. The molecule has 1 saturated heterocycles. The molecule has 106 valence electrons. The fourth-order valence-electron chi connectivity index (χ4n) is 3.12. The molecule has 19 heavy (non-hydrogen) atoms. The minimum absolute atomic E-state index is 0.138. The van der Waals surface area contributed by atoms with Gasteiger partial charge in [-0.1, -0.05) is 12.5 Å². The van der Waals surface area contributed by atoms with Crippen LogP contribution in [-0.4, -0.2) is 35.0 Å². The van der Waals surface area contributed by atoms with Crippen LogP contribution in [-0.2, 0) is 9.59 Å². The Kier molecular flexibility index (Phi) is 4.27. The van der Waals surface area contributed by atoms with E-state index in [1.165, 1.54) is 6.42 Å². The van der Waals surface area contributed by atoms with Crippen LogP contribution in [0.1, 0.15) is 44.9 Å². The quantitative estimate of drug-likeness (QED) is 0.777. The van der Waals surface area contributed by atoms with Gasteiger partial charge in [0.05, 0.1) is 5.41 Å². The van der Waals surface area contributed by atoms with E-state index in [2.05, 4.69) is 6.58 Å². The van der Waals surface area contributed by atoms with Crippen LogP contribution in [0.3, 0.4) is 0 Å². The molecule has 1 unspecified atom stereocenters. The molecule has 0 aromatic heterocycles. The Morgan fingerprint density at radius 2 is 2.11 bits per heavy atom. The summed E-state index contributed by atoms with van der Waals surface area (Å²) in [5, 5.41) is 9.47. The van der Waals surface area contributed by atoms with Crippen molar-refractivity contribution >= 4 is 11.9 Å². The summed E-state index contributed by atoms with van der Waals surface area (Å²) >= 11 is 0. The van der Waals surface area contributed by atoms with E-state index in [0.29, 0.717) is 38.3 Å². The number of carbonyl (C=O) groups excluding carboxylic acids is 1. The van der Waals surface area contributed by atoms with Crippen LogP contribution in [0.5, 0.6) is 0 Å². The molecule has 2 aliphatic rings. The molecule has 0 aromatic carbocycles. The van der Waals surface area contributed by atoms with E-state index >= 15 is 0 Å². The third-order valence-electron chi connectivity index (χ3n) is 4.61. The maximum absolute atomic E-state index is 12.2. The summed E-state index contributed by atoms with van der Waals surface area (Å²) in [6.07, 6.45) is 7.64. The molecule has 0 spiro atoms. The summed E-state index contributed by atoms with van der Waals surface area (Å²) in [6, 6.07) is 0. The molecule has 0 aromatic rings. The van der Waals surface area contributed by atoms with Gasteiger partial charge in [0.1, 0.15) is 0 Å². The van der Waals surface area contributed by atoms with Gasteiger partial charge in [0.15, 0.2) is 0 Å². The van der Waals surface area contributed by atoms with Crippen molar-refractivity contribution in [2.75, 3.05) is 13.1 Å². The number of carbonyl (C=O) groups is 2. The third kappa shape index (κ3) is 2.99. The fraction of sp³-hybridized carbons (Fsp3) is 0.733. The number of aliphatic carboxylic acids is 1. The highest BCUT2D eigenvalue weighted by atomic mass is 16.4. The molecule has 2 rings (SSSR count). The minimum atomic E-state index is -0.810. The lowest BCUT2D eigenvalue weighted by Crippen LogP contribution is -2.50. The number of nitrogens with zero attached hydrogens (tertiary/aromatic N) is 1. The molecule has 1 amide bonds. The molecule has 1 saturated carbocycles. The standard InChI is InChI=1S/C15H23NO3/c1-2-7-15(14(18)19)8-4-9-16(11-15)13(17)10-12-5-3-6-12/h2,12H,1,3-11H2,(H,18,19). The molecular weight excluding hydrogens is 242 g/mol. The van der Waals surface area contributed by atoms with Gasteiger partial charge in [-0.05, 0) is 38.0 Å². The van der Waals surface area contributed by atoms with Gasteiger partial charge in [-0.25, -0.2) is 0 Å². The predicted octanol–water partition coefficient (Wildman–Crippen LogP) is 2.45. The Balaban J connectivity index is 1.99. The topological polar surface area (TPSA) is 57.6 Å². The molecular formula is C15H23NO3. The lowest BCUT2D eigenvalue weighted by molar-refractivity contribution is -0.155. The normalized spacial score (nSPS) is 27.7. The van der Waals surface area contributed by atoms with Gasteiger partial charge < -0.3 is 10.0 Å². The number of hydrogen-bond acceptors (Lipinski definition) is 2. The van der Waals surface area contributed by atoms with Crippen LogP contribution >= 0.6 is 0 Å². The van der Waals surface area contributed by atoms with Gasteiger partial charge in [-0.3, -0.25) is 9.59 Å². The van der Waals surface area contributed by atoms with Crippen molar-refractivity contribution in [1.29, 1.82) is 0 Å². The van der Waals surface area contributed by atoms with Gasteiger partial charge in [0.25, 0.3) is 0 Å². The number of carboxylic acid groups (broad SMARTS) is 1. The molecule has 1 aliphatic heterocycles.